The Hall–Kier alpha value is -3.60. The van der Waals surface area contributed by atoms with Crippen LogP contribution in [0.25, 0.3) is 6.08 Å². The molecule has 10 nitrogen and oxygen atoms in total. The first-order chi connectivity index (χ1) is 14.2. The van der Waals surface area contributed by atoms with E-state index in [2.05, 4.69) is 4.72 Å². The minimum atomic E-state index is -3.95. The van der Waals surface area contributed by atoms with E-state index in [9.17, 15) is 13.2 Å². The summed E-state index contributed by atoms with van der Waals surface area (Å²) in [6.07, 6.45) is 0.260. The zero-order chi connectivity index (χ0) is 22.3. The van der Waals surface area contributed by atoms with Gasteiger partial charge in [-0.3, -0.25) is 4.72 Å². The second kappa shape index (κ2) is 9.74. The van der Waals surface area contributed by atoms with E-state index in [0.29, 0.717) is 22.8 Å². The molecule has 0 saturated heterocycles. The first kappa shape index (κ1) is 22.7. The second-order valence-electron chi connectivity index (χ2n) is 5.68. The monoisotopic (exact) mass is 438 g/mol. The van der Waals surface area contributed by atoms with Crippen molar-refractivity contribution in [2.75, 3.05) is 33.2 Å². The minimum Gasteiger partial charge on any atom is -0.496 e. The van der Waals surface area contributed by atoms with Gasteiger partial charge >= 0.3 is 6.09 Å². The Balaban J connectivity index is 2.34. The summed E-state index contributed by atoms with van der Waals surface area (Å²) in [6.45, 7) is 0. The third-order valence-electron chi connectivity index (χ3n) is 3.80. The molecule has 0 unspecified atom stereocenters. The fraction of sp³-hybridized carbons (Fsp3) is 0.211. The first-order valence-corrected chi connectivity index (χ1v) is 9.93. The summed E-state index contributed by atoms with van der Waals surface area (Å²) in [5.41, 5.74) is 5.55. The molecule has 0 fully saturated rings. The number of hydrogen-bond donors (Lipinski definition) is 2. The molecular weight excluding hydrogens is 416 g/mol. The molecule has 11 heteroatoms. The maximum absolute atomic E-state index is 12.5. The van der Waals surface area contributed by atoms with E-state index in [-0.39, 0.29) is 17.2 Å². The number of hydrogen-bond acceptors (Lipinski definition) is 8. The van der Waals surface area contributed by atoms with Crippen LogP contribution in [0.4, 0.5) is 10.5 Å². The molecule has 0 saturated carbocycles. The molecule has 0 bridgehead atoms. The number of nitrogens with two attached hydrogens (primary N) is 1. The average Bonchev–Trinajstić information content (AvgIpc) is 2.71. The Morgan fingerprint density at radius 2 is 1.50 bits per heavy atom. The molecule has 1 amide bonds. The molecule has 0 spiro atoms. The van der Waals surface area contributed by atoms with E-state index in [1.807, 2.05) is 0 Å². The van der Waals surface area contributed by atoms with Crippen LogP contribution in [0.15, 0.2) is 35.7 Å². The highest BCUT2D eigenvalue weighted by molar-refractivity contribution is 7.95. The lowest BCUT2D eigenvalue weighted by molar-refractivity contribution is 0.208. The van der Waals surface area contributed by atoms with Crippen LogP contribution in [0.5, 0.6) is 28.7 Å². The predicted octanol–water partition coefficient (Wildman–Crippen LogP) is 2.59. The van der Waals surface area contributed by atoms with Gasteiger partial charge in [0.2, 0.25) is 0 Å². The summed E-state index contributed by atoms with van der Waals surface area (Å²) in [4.78, 5) is 11.0. The van der Waals surface area contributed by atoms with E-state index in [0.717, 1.165) is 5.41 Å². The molecule has 0 aliphatic rings. The number of nitrogens with one attached hydrogen (secondary N) is 1. The summed E-state index contributed by atoms with van der Waals surface area (Å²) < 4.78 is 53.0. The predicted molar refractivity (Wildman–Crippen MR) is 111 cm³/mol. The molecule has 2 rings (SSSR count). The van der Waals surface area contributed by atoms with E-state index < -0.39 is 16.1 Å². The van der Waals surface area contributed by atoms with Crippen molar-refractivity contribution in [3.05, 3.63) is 41.3 Å². The van der Waals surface area contributed by atoms with Gasteiger partial charge in [-0.2, -0.15) is 0 Å². The molecule has 0 aromatic heterocycles. The number of anilines is 1. The van der Waals surface area contributed by atoms with Gasteiger partial charge in [0.1, 0.15) is 17.2 Å². The second-order valence-corrected chi connectivity index (χ2v) is 7.25. The first-order valence-electron chi connectivity index (χ1n) is 8.39. The normalized spacial score (nSPS) is 11.1. The van der Waals surface area contributed by atoms with Crippen LogP contribution in [0.2, 0.25) is 0 Å². The number of carbonyl (C=O) groups excluding carboxylic acids is 1. The Labute approximate surface area is 174 Å². The van der Waals surface area contributed by atoms with Gasteiger partial charge in [0.05, 0.1) is 45.1 Å². The van der Waals surface area contributed by atoms with Crippen molar-refractivity contribution < 1.29 is 36.9 Å². The third kappa shape index (κ3) is 5.70. The Morgan fingerprint density at radius 1 is 0.900 bits per heavy atom. The highest BCUT2D eigenvalue weighted by atomic mass is 32.2. The minimum absolute atomic E-state index is 0.0346. The molecule has 0 atom stereocenters. The molecular formula is C19H22N2O8S. The Kier molecular flexibility index (Phi) is 7.37. The lowest BCUT2D eigenvalue weighted by Gasteiger charge is -2.13. The van der Waals surface area contributed by atoms with Gasteiger partial charge in [0, 0.05) is 18.2 Å². The molecule has 0 aliphatic heterocycles. The smallest absolute Gasteiger partial charge is 0.410 e. The van der Waals surface area contributed by atoms with Crippen molar-refractivity contribution >= 4 is 27.9 Å². The van der Waals surface area contributed by atoms with Crippen LogP contribution in [0, 0.1) is 0 Å². The van der Waals surface area contributed by atoms with Crippen LogP contribution >= 0.6 is 0 Å². The number of benzene rings is 2. The van der Waals surface area contributed by atoms with Crippen molar-refractivity contribution in [3.63, 3.8) is 0 Å². The van der Waals surface area contributed by atoms with Crippen LogP contribution < -0.4 is 34.1 Å². The maximum Gasteiger partial charge on any atom is 0.410 e. The van der Waals surface area contributed by atoms with Crippen LogP contribution in [-0.4, -0.2) is 43.0 Å². The van der Waals surface area contributed by atoms with E-state index in [1.54, 1.807) is 12.1 Å². The number of carbonyl (C=O) groups is 1. The highest BCUT2D eigenvalue weighted by Crippen LogP contribution is 2.35. The topological polar surface area (TPSA) is 135 Å². The number of ether oxygens (including phenoxy) is 5. The van der Waals surface area contributed by atoms with Gasteiger partial charge < -0.3 is 29.4 Å². The summed E-state index contributed by atoms with van der Waals surface area (Å²) in [5, 5.41) is 0.943. The molecule has 0 aliphatic carbocycles. The average molecular weight is 438 g/mol. The molecule has 0 radical (unpaired) electrons. The highest BCUT2D eigenvalue weighted by Gasteiger charge is 2.15. The zero-order valence-electron chi connectivity index (χ0n) is 16.8. The number of methoxy groups -OCH3 is 4. The number of amides is 1. The summed E-state index contributed by atoms with van der Waals surface area (Å²) >= 11 is 0. The molecule has 2 aromatic carbocycles. The molecule has 2 aromatic rings. The largest absolute Gasteiger partial charge is 0.496 e. The SMILES string of the molecule is COc1cc(OC)c(/C=C/S(=O)(=O)Nc2ccc(OC)c(OC(N)=O)c2)c(OC)c1. The third-order valence-corrected chi connectivity index (χ3v) is 4.82. The van der Waals surface area contributed by atoms with Crippen LogP contribution in [-0.2, 0) is 10.0 Å². The lowest BCUT2D eigenvalue weighted by atomic mass is 10.1. The van der Waals surface area contributed by atoms with Crippen LogP contribution in [0.1, 0.15) is 5.56 Å². The number of rotatable bonds is 9. The summed E-state index contributed by atoms with van der Waals surface area (Å²) in [6, 6.07) is 7.32. The maximum atomic E-state index is 12.5. The molecule has 3 N–H and O–H groups in total. The van der Waals surface area contributed by atoms with E-state index >= 15 is 0 Å². The van der Waals surface area contributed by atoms with Crippen molar-refractivity contribution in [2.24, 2.45) is 5.73 Å². The van der Waals surface area contributed by atoms with Gasteiger partial charge in [-0.05, 0) is 18.2 Å². The van der Waals surface area contributed by atoms with Gasteiger partial charge in [-0.15, -0.1) is 0 Å². The van der Waals surface area contributed by atoms with Crippen molar-refractivity contribution in [2.45, 2.75) is 0 Å². The number of sulfonamides is 1. The zero-order valence-corrected chi connectivity index (χ0v) is 17.6. The van der Waals surface area contributed by atoms with Gasteiger partial charge in [-0.1, -0.05) is 0 Å². The molecule has 30 heavy (non-hydrogen) atoms. The Bertz CT molecular complexity index is 1030. The summed E-state index contributed by atoms with van der Waals surface area (Å²) in [7, 11) is 1.79. The standard InChI is InChI=1S/C19H22N2O8S/c1-25-13-10-16(27-3)14(17(11-13)28-4)7-8-30(23,24)21-12-5-6-15(26-2)18(9-12)29-19(20)22/h5-11,21H,1-4H3,(H2,20,22)/b8-7+. The summed E-state index contributed by atoms with van der Waals surface area (Å²) in [5.74, 6) is 1.38. The van der Waals surface area contributed by atoms with Crippen molar-refractivity contribution in [3.8, 4) is 28.7 Å². The molecule has 162 valence electrons. The van der Waals surface area contributed by atoms with Gasteiger partial charge in [0.15, 0.2) is 11.5 Å². The van der Waals surface area contributed by atoms with Crippen LogP contribution in [0.3, 0.4) is 0 Å². The van der Waals surface area contributed by atoms with Crippen molar-refractivity contribution in [1.82, 2.24) is 0 Å². The lowest BCUT2D eigenvalue weighted by Crippen LogP contribution is -2.17. The van der Waals surface area contributed by atoms with Gasteiger partial charge in [-0.25, -0.2) is 13.2 Å². The fourth-order valence-corrected chi connectivity index (χ4v) is 3.32. The number of primary amides is 1. The van der Waals surface area contributed by atoms with Crippen molar-refractivity contribution in [1.29, 1.82) is 0 Å². The van der Waals surface area contributed by atoms with Gasteiger partial charge in [0.25, 0.3) is 10.0 Å². The quantitative estimate of drug-likeness (QED) is 0.610. The fourth-order valence-electron chi connectivity index (χ4n) is 2.48. The molecule has 0 heterocycles. The Morgan fingerprint density at radius 3 is 2.00 bits per heavy atom. The van der Waals surface area contributed by atoms with E-state index in [4.69, 9.17) is 29.4 Å². The van der Waals surface area contributed by atoms with E-state index in [1.165, 1.54) is 52.7 Å².